The summed E-state index contributed by atoms with van der Waals surface area (Å²) in [5, 5.41) is 14.6. The standard InChI is InChI=1S/C14H9NO2/c16-15(17)13-7-3-5-11-9-8-10-4-1-2-6-12(10)14(11)13/h1-9H. The molecule has 0 radical (unpaired) electrons. The van der Waals surface area contributed by atoms with E-state index in [2.05, 4.69) is 0 Å². The van der Waals surface area contributed by atoms with E-state index in [9.17, 15) is 10.1 Å². The lowest BCUT2D eigenvalue weighted by Crippen LogP contribution is -1.89. The fraction of sp³-hybridized carbons (Fsp3) is 0. The summed E-state index contributed by atoms with van der Waals surface area (Å²) in [5.74, 6) is 0. The minimum atomic E-state index is -0.325. The number of nitro benzene ring substituents is 1. The third kappa shape index (κ3) is 1.44. The van der Waals surface area contributed by atoms with E-state index in [4.69, 9.17) is 0 Å². The largest absolute Gasteiger partial charge is 0.277 e. The van der Waals surface area contributed by atoms with Gasteiger partial charge in [0, 0.05) is 6.07 Å². The number of nitrogens with zero attached hydrogens (tertiary/aromatic N) is 1. The molecule has 82 valence electrons. The van der Waals surface area contributed by atoms with Crippen LogP contribution in [0.25, 0.3) is 21.5 Å². The Balaban J connectivity index is 2.59. The Morgan fingerprint density at radius 1 is 0.824 bits per heavy atom. The summed E-state index contributed by atoms with van der Waals surface area (Å²) in [7, 11) is 0. The molecule has 3 heteroatoms. The maximum Gasteiger partial charge on any atom is 0.277 e. The quantitative estimate of drug-likeness (QED) is 0.356. The second-order valence-corrected chi connectivity index (χ2v) is 3.92. The third-order valence-corrected chi connectivity index (χ3v) is 2.94. The second-order valence-electron chi connectivity index (χ2n) is 3.92. The van der Waals surface area contributed by atoms with Crippen LogP contribution in [0.4, 0.5) is 5.69 Å². The lowest BCUT2D eigenvalue weighted by Gasteiger charge is -2.04. The molecule has 3 nitrogen and oxygen atoms in total. The smallest absolute Gasteiger partial charge is 0.258 e. The highest BCUT2D eigenvalue weighted by molar-refractivity contribution is 6.11. The van der Waals surface area contributed by atoms with Crippen molar-refractivity contribution < 1.29 is 4.92 Å². The summed E-state index contributed by atoms with van der Waals surface area (Å²) in [5.41, 5.74) is 0.166. The fourth-order valence-electron chi connectivity index (χ4n) is 2.19. The number of non-ortho nitro benzene ring substituents is 1. The van der Waals surface area contributed by atoms with E-state index in [1.807, 2.05) is 42.5 Å². The predicted octanol–water partition coefficient (Wildman–Crippen LogP) is 3.90. The average Bonchev–Trinajstić information content (AvgIpc) is 2.37. The van der Waals surface area contributed by atoms with E-state index in [1.54, 1.807) is 12.1 Å². The van der Waals surface area contributed by atoms with Gasteiger partial charge in [0.05, 0.1) is 10.3 Å². The number of hydrogen-bond acceptors (Lipinski definition) is 2. The van der Waals surface area contributed by atoms with Crippen LogP contribution in [0.2, 0.25) is 0 Å². The third-order valence-electron chi connectivity index (χ3n) is 2.94. The van der Waals surface area contributed by atoms with Crippen LogP contribution in [0.15, 0.2) is 54.6 Å². The molecule has 0 fully saturated rings. The molecule has 0 heterocycles. The highest BCUT2D eigenvalue weighted by atomic mass is 16.6. The Bertz CT molecular complexity index is 734. The van der Waals surface area contributed by atoms with E-state index in [0.717, 1.165) is 21.5 Å². The molecule has 0 aliphatic heterocycles. The van der Waals surface area contributed by atoms with Gasteiger partial charge in [0.2, 0.25) is 0 Å². The van der Waals surface area contributed by atoms with Gasteiger partial charge in [0.25, 0.3) is 5.69 Å². The number of hydrogen-bond donors (Lipinski definition) is 0. The summed E-state index contributed by atoms with van der Waals surface area (Å²) in [6, 6.07) is 16.8. The van der Waals surface area contributed by atoms with E-state index in [0.29, 0.717) is 0 Å². The first-order valence-corrected chi connectivity index (χ1v) is 5.32. The minimum Gasteiger partial charge on any atom is -0.258 e. The van der Waals surface area contributed by atoms with Crippen LogP contribution in [-0.2, 0) is 0 Å². The Morgan fingerprint density at radius 3 is 2.35 bits per heavy atom. The van der Waals surface area contributed by atoms with Crippen LogP contribution in [0.5, 0.6) is 0 Å². The SMILES string of the molecule is O=[N+]([O-])c1cccc2ccc3ccccc3c12. The van der Waals surface area contributed by atoms with Crippen LogP contribution < -0.4 is 0 Å². The summed E-state index contributed by atoms with van der Waals surface area (Å²) in [6.07, 6.45) is 0. The monoisotopic (exact) mass is 223 g/mol. The van der Waals surface area contributed by atoms with Crippen molar-refractivity contribution in [1.82, 2.24) is 0 Å². The van der Waals surface area contributed by atoms with Crippen LogP contribution in [0.1, 0.15) is 0 Å². The molecule has 0 amide bonds. The zero-order chi connectivity index (χ0) is 11.8. The molecule has 0 saturated heterocycles. The van der Waals surface area contributed by atoms with Gasteiger partial charge < -0.3 is 0 Å². The lowest BCUT2D eigenvalue weighted by atomic mass is 10.0. The number of nitro groups is 1. The zero-order valence-corrected chi connectivity index (χ0v) is 8.96. The van der Waals surface area contributed by atoms with Crippen molar-refractivity contribution in [2.45, 2.75) is 0 Å². The molecule has 3 aromatic rings. The van der Waals surface area contributed by atoms with Crippen LogP contribution >= 0.6 is 0 Å². The van der Waals surface area contributed by atoms with Gasteiger partial charge in [0.1, 0.15) is 0 Å². The van der Waals surface area contributed by atoms with Gasteiger partial charge in [-0.25, -0.2) is 0 Å². The van der Waals surface area contributed by atoms with E-state index in [-0.39, 0.29) is 10.6 Å². The summed E-state index contributed by atoms with van der Waals surface area (Å²) >= 11 is 0. The van der Waals surface area contributed by atoms with Crippen LogP contribution in [0.3, 0.4) is 0 Å². The molecule has 0 atom stereocenters. The zero-order valence-electron chi connectivity index (χ0n) is 8.96. The van der Waals surface area contributed by atoms with Crippen molar-refractivity contribution in [2.75, 3.05) is 0 Å². The fourth-order valence-corrected chi connectivity index (χ4v) is 2.19. The first-order chi connectivity index (χ1) is 8.27. The molecule has 0 N–H and O–H groups in total. The highest BCUT2D eigenvalue weighted by Crippen LogP contribution is 2.32. The molecule has 3 aromatic carbocycles. The van der Waals surface area contributed by atoms with Gasteiger partial charge in [-0.15, -0.1) is 0 Å². The summed E-state index contributed by atoms with van der Waals surface area (Å²) in [6.45, 7) is 0. The van der Waals surface area contributed by atoms with Gasteiger partial charge in [-0.3, -0.25) is 10.1 Å². The van der Waals surface area contributed by atoms with Crippen molar-refractivity contribution in [2.24, 2.45) is 0 Å². The van der Waals surface area contributed by atoms with Crippen molar-refractivity contribution in [3.63, 3.8) is 0 Å². The normalized spacial score (nSPS) is 10.8. The first-order valence-electron chi connectivity index (χ1n) is 5.32. The Morgan fingerprint density at radius 2 is 1.53 bits per heavy atom. The van der Waals surface area contributed by atoms with Crippen molar-refractivity contribution in [3.8, 4) is 0 Å². The number of benzene rings is 3. The first kappa shape index (κ1) is 9.78. The van der Waals surface area contributed by atoms with Crippen LogP contribution in [-0.4, -0.2) is 4.92 Å². The van der Waals surface area contributed by atoms with Crippen molar-refractivity contribution in [3.05, 3.63) is 64.7 Å². The molecule has 17 heavy (non-hydrogen) atoms. The van der Waals surface area contributed by atoms with Crippen molar-refractivity contribution >= 4 is 27.2 Å². The Kier molecular flexibility index (Phi) is 2.05. The highest BCUT2D eigenvalue weighted by Gasteiger charge is 2.13. The van der Waals surface area contributed by atoms with Gasteiger partial charge in [0.15, 0.2) is 0 Å². The topological polar surface area (TPSA) is 43.1 Å². The number of fused-ring (bicyclic) bond motifs is 3. The molecule has 0 aromatic heterocycles. The average molecular weight is 223 g/mol. The lowest BCUT2D eigenvalue weighted by molar-refractivity contribution is -0.383. The maximum atomic E-state index is 11.1. The molecule has 0 aliphatic carbocycles. The van der Waals surface area contributed by atoms with Crippen molar-refractivity contribution in [1.29, 1.82) is 0 Å². The molecule has 0 aliphatic rings. The molecule has 0 saturated carbocycles. The van der Waals surface area contributed by atoms with E-state index >= 15 is 0 Å². The van der Waals surface area contributed by atoms with Gasteiger partial charge in [-0.1, -0.05) is 48.5 Å². The van der Waals surface area contributed by atoms with Gasteiger partial charge in [-0.2, -0.15) is 0 Å². The number of rotatable bonds is 1. The minimum absolute atomic E-state index is 0.166. The molecular formula is C14H9NO2. The summed E-state index contributed by atoms with van der Waals surface area (Å²) < 4.78 is 0. The molecule has 0 spiro atoms. The maximum absolute atomic E-state index is 11.1. The molecule has 0 bridgehead atoms. The predicted molar refractivity (Wildman–Crippen MR) is 68.1 cm³/mol. The summed E-state index contributed by atoms with van der Waals surface area (Å²) in [4.78, 5) is 10.7. The molecule has 0 unspecified atom stereocenters. The van der Waals surface area contributed by atoms with E-state index in [1.165, 1.54) is 0 Å². The second kappa shape index (κ2) is 3.56. The van der Waals surface area contributed by atoms with Gasteiger partial charge >= 0.3 is 0 Å². The van der Waals surface area contributed by atoms with Gasteiger partial charge in [-0.05, 0) is 16.2 Å². The molecular weight excluding hydrogens is 214 g/mol. The Labute approximate surface area is 97.4 Å². The van der Waals surface area contributed by atoms with E-state index < -0.39 is 0 Å². The Hall–Kier alpha value is -2.42. The van der Waals surface area contributed by atoms with Crippen LogP contribution in [0, 0.1) is 10.1 Å². The molecule has 3 rings (SSSR count).